The SMILES string of the molecule is CCCCCCCCCCCCC(OCOCCOC)c1coc([Si](C)(C)C)c1. The van der Waals surface area contributed by atoms with Crippen LogP contribution in [0.1, 0.15) is 89.2 Å². The molecule has 0 saturated heterocycles. The van der Waals surface area contributed by atoms with Crippen molar-refractivity contribution in [3.05, 3.63) is 17.9 Å². The van der Waals surface area contributed by atoms with E-state index in [-0.39, 0.29) is 6.10 Å². The molecule has 170 valence electrons. The van der Waals surface area contributed by atoms with Gasteiger partial charge in [0.25, 0.3) is 0 Å². The predicted octanol–water partition coefficient (Wildman–Crippen LogP) is 6.81. The van der Waals surface area contributed by atoms with Crippen LogP contribution in [0.3, 0.4) is 0 Å². The molecule has 1 heterocycles. The van der Waals surface area contributed by atoms with Gasteiger partial charge in [0.2, 0.25) is 0 Å². The van der Waals surface area contributed by atoms with Crippen LogP contribution in [-0.4, -0.2) is 35.2 Å². The quantitative estimate of drug-likeness (QED) is 0.138. The van der Waals surface area contributed by atoms with E-state index < -0.39 is 8.07 Å². The van der Waals surface area contributed by atoms with Crippen molar-refractivity contribution in [2.45, 2.75) is 103 Å². The first kappa shape index (κ1) is 26.4. The van der Waals surface area contributed by atoms with Gasteiger partial charge in [-0.3, -0.25) is 0 Å². The number of methoxy groups -OCH3 is 1. The van der Waals surface area contributed by atoms with Crippen LogP contribution < -0.4 is 5.38 Å². The van der Waals surface area contributed by atoms with Crippen molar-refractivity contribution >= 4 is 13.5 Å². The maximum Gasteiger partial charge on any atom is 0.147 e. The Balaban J connectivity index is 2.34. The molecule has 0 amide bonds. The molecule has 0 saturated carbocycles. The number of unbranched alkanes of at least 4 members (excludes halogenated alkanes) is 9. The largest absolute Gasteiger partial charge is 0.474 e. The highest BCUT2D eigenvalue weighted by molar-refractivity contribution is 6.87. The first-order valence-electron chi connectivity index (χ1n) is 11.8. The second kappa shape index (κ2) is 16.1. The van der Waals surface area contributed by atoms with Crippen LogP contribution in [0.15, 0.2) is 16.7 Å². The summed E-state index contributed by atoms with van der Waals surface area (Å²) in [6.45, 7) is 10.7. The van der Waals surface area contributed by atoms with Gasteiger partial charge in [-0.25, -0.2) is 0 Å². The van der Waals surface area contributed by atoms with Gasteiger partial charge >= 0.3 is 0 Å². The summed E-state index contributed by atoms with van der Waals surface area (Å²) in [6.07, 6.45) is 16.5. The fourth-order valence-corrected chi connectivity index (χ4v) is 4.42. The standard InChI is InChI=1S/C24H46O4Si/c1-6-7-8-9-10-11-12-13-14-15-16-23(28-21-26-18-17-25-2)22-19-24(27-20-22)29(3,4)5/h19-20,23H,6-18,21H2,1-5H3. The van der Waals surface area contributed by atoms with E-state index in [1.54, 1.807) is 7.11 Å². The van der Waals surface area contributed by atoms with Crippen LogP contribution in [0.25, 0.3) is 0 Å². The van der Waals surface area contributed by atoms with Gasteiger partial charge < -0.3 is 18.6 Å². The number of hydrogen-bond acceptors (Lipinski definition) is 4. The lowest BCUT2D eigenvalue weighted by Crippen LogP contribution is -2.36. The van der Waals surface area contributed by atoms with Crippen LogP contribution in [0.4, 0.5) is 0 Å². The molecule has 0 aliphatic rings. The van der Waals surface area contributed by atoms with Crippen molar-refractivity contribution in [1.29, 1.82) is 0 Å². The third-order valence-corrected chi connectivity index (χ3v) is 7.08. The molecule has 0 N–H and O–H groups in total. The highest BCUT2D eigenvalue weighted by Gasteiger charge is 2.23. The van der Waals surface area contributed by atoms with Gasteiger partial charge in [0.1, 0.15) is 14.9 Å². The number of ether oxygens (including phenoxy) is 3. The molecule has 1 unspecified atom stereocenters. The lowest BCUT2D eigenvalue weighted by molar-refractivity contribution is -0.102. The van der Waals surface area contributed by atoms with Gasteiger partial charge in [0.15, 0.2) is 0 Å². The first-order valence-corrected chi connectivity index (χ1v) is 15.3. The maximum atomic E-state index is 6.06. The molecule has 4 nitrogen and oxygen atoms in total. The molecule has 1 aromatic heterocycles. The van der Waals surface area contributed by atoms with Gasteiger partial charge in [-0.15, -0.1) is 0 Å². The molecule has 1 atom stereocenters. The molecule has 1 aromatic rings. The molecule has 0 aromatic carbocycles. The van der Waals surface area contributed by atoms with E-state index >= 15 is 0 Å². The Morgan fingerprint density at radius 2 is 1.52 bits per heavy atom. The highest BCUT2D eigenvalue weighted by atomic mass is 28.3. The number of furan rings is 1. The predicted molar refractivity (Wildman–Crippen MR) is 125 cm³/mol. The molecule has 0 aliphatic carbocycles. The molecule has 0 aliphatic heterocycles. The topological polar surface area (TPSA) is 40.8 Å². The monoisotopic (exact) mass is 426 g/mol. The lowest BCUT2D eigenvalue weighted by Gasteiger charge is -2.17. The van der Waals surface area contributed by atoms with Crippen molar-refractivity contribution in [3.63, 3.8) is 0 Å². The second-order valence-corrected chi connectivity index (χ2v) is 14.1. The van der Waals surface area contributed by atoms with Gasteiger partial charge in [-0.2, -0.15) is 0 Å². The van der Waals surface area contributed by atoms with Crippen LogP contribution in [0.2, 0.25) is 19.6 Å². The summed E-state index contributed by atoms with van der Waals surface area (Å²) in [4.78, 5) is 0. The smallest absolute Gasteiger partial charge is 0.147 e. The normalized spacial score (nSPS) is 13.1. The Labute approximate surface area is 180 Å². The summed E-state index contributed by atoms with van der Waals surface area (Å²) in [5, 5.41) is 1.14. The fourth-order valence-electron chi connectivity index (χ4n) is 3.41. The molecule has 0 fully saturated rings. The molecule has 1 rings (SSSR count). The zero-order valence-corrected chi connectivity index (χ0v) is 20.8. The average Bonchev–Trinajstić information content (AvgIpc) is 3.18. The van der Waals surface area contributed by atoms with Gasteiger partial charge in [0.05, 0.1) is 31.0 Å². The van der Waals surface area contributed by atoms with Crippen molar-refractivity contribution in [1.82, 2.24) is 0 Å². The van der Waals surface area contributed by atoms with Gasteiger partial charge in [-0.1, -0.05) is 90.8 Å². The Morgan fingerprint density at radius 1 is 0.897 bits per heavy atom. The summed E-state index contributed by atoms with van der Waals surface area (Å²) in [5.41, 5.74) is 1.16. The summed E-state index contributed by atoms with van der Waals surface area (Å²) >= 11 is 0. The molecule has 5 heteroatoms. The Bertz CT molecular complexity index is 495. The minimum Gasteiger partial charge on any atom is -0.474 e. The fraction of sp³-hybridized carbons (Fsp3) is 0.833. The van der Waals surface area contributed by atoms with Crippen molar-refractivity contribution in [2.75, 3.05) is 27.1 Å². The van der Waals surface area contributed by atoms with Gasteiger partial charge in [-0.05, 0) is 12.5 Å². The molecule has 0 radical (unpaired) electrons. The minimum atomic E-state index is -1.44. The van der Waals surface area contributed by atoms with Crippen LogP contribution in [0, 0.1) is 0 Å². The van der Waals surface area contributed by atoms with E-state index in [1.807, 2.05) is 6.26 Å². The van der Waals surface area contributed by atoms with E-state index in [2.05, 4.69) is 32.6 Å². The second-order valence-electron chi connectivity index (χ2n) is 9.14. The minimum absolute atomic E-state index is 0.0560. The number of rotatable bonds is 19. The third-order valence-electron chi connectivity index (χ3n) is 5.33. The first-order chi connectivity index (χ1) is 14.0. The number of hydrogen-bond donors (Lipinski definition) is 0. The Morgan fingerprint density at radius 3 is 2.07 bits per heavy atom. The van der Waals surface area contributed by atoms with Crippen molar-refractivity contribution in [2.24, 2.45) is 0 Å². The van der Waals surface area contributed by atoms with E-state index in [9.17, 15) is 0 Å². The van der Waals surface area contributed by atoms with Crippen LogP contribution >= 0.6 is 0 Å². The van der Waals surface area contributed by atoms with Crippen LogP contribution in [0.5, 0.6) is 0 Å². The Hall–Kier alpha value is -0.623. The summed E-state index contributed by atoms with van der Waals surface area (Å²) in [6, 6.07) is 2.21. The summed E-state index contributed by atoms with van der Waals surface area (Å²) < 4.78 is 22.5. The Kier molecular flexibility index (Phi) is 14.7. The lowest BCUT2D eigenvalue weighted by atomic mass is 10.0. The maximum absolute atomic E-state index is 6.06. The summed E-state index contributed by atoms with van der Waals surface area (Å²) in [7, 11) is 0.239. The summed E-state index contributed by atoms with van der Waals surface area (Å²) in [5.74, 6) is 0. The zero-order valence-electron chi connectivity index (χ0n) is 19.8. The zero-order chi connectivity index (χ0) is 21.4. The van der Waals surface area contributed by atoms with Crippen LogP contribution in [-0.2, 0) is 14.2 Å². The molecule has 0 spiro atoms. The van der Waals surface area contributed by atoms with E-state index in [0.29, 0.717) is 20.0 Å². The van der Waals surface area contributed by atoms with Crippen molar-refractivity contribution < 1.29 is 18.6 Å². The highest BCUT2D eigenvalue weighted by Crippen LogP contribution is 2.25. The molecular formula is C24H46O4Si. The molecular weight excluding hydrogens is 380 g/mol. The van der Waals surface area contributed by atoms with Gasteiger partial charge in [0, 0.05) is 12.7 Å². The third kappa shape index (κ3) is 12.6. The van der Waals surface area contributed by atoms with E-state index in [4.69, 9.17) is 18.6 Å². The molecule has 0 bridgehead atoms. The van der Waals surface area contributed by atoms with Crippen molar-refractivity contribution in [3.8, 4) is 0 Å². The van der Waals surface area contributed by atoms with E-state index in [1.165, 1.54) is 64.2 Å². The van der Waals surface area contributed by atoms with E-state index in [0.717, 1.165) is 17.4 Å². The molecule has 29 heavy (non-hydrogen) atoms. The average molecular weight is 427 g/mol.